The van der Waals surface area contributed by atoms with Crippen molar-refractivity contribution in [3.8, 4) is 5.75 Å². The Labute approximate surface area is 97.2 Å². The molecule has 3 nitrogen and oxygen atoms in total. The molecule has 0 bridgehead atoms. The highest BCUT2D eigenvalue weighted by Gasteiger charge is 2.12. The van der Waals surface area contributed by atoms with Crippen LogP contribution in [0.4, 0.5) is 0 Å². The molecule has 0 saturated carbocycles. The Hall–Kier alpha value is -2.03. The quantitative estimate of drug-likeness (QED) is 0.555. The summed E-state index contributed by atoms with van der Waals surface area (Å²) in [7, 11) is 0. The van der Waals surface area contributed by atoms with Gasteiger partial charge in [-0.15, -0.1) is 0 Å². The van der Waals surface area contributed by atoms with Crippen molar-refractivity contribution in [1.29, 1.82) is 0 Å². The zero-order valence-corrected chi connectivity index (χ0v) is 8.78. The topological polar surface area (TPSA) is 39.9 Å². The molecule has 0 atom stereocenters. The van der Waals surface area contributed by atoms with E-state index in [2.05, 4.69) is 4.98 Å². The summed E-state index contributed by atoms with van der Waals surface area (Å²) >= 11 is 0. The van der Waals surface area contributed by atoms with Gasteiger partial charge in [0.15, 0.2) is 6.20 Å². The van der Waals surface area contributed by atoms with Gasteiger partial charge in [0.2, 0.25) is 5.69 Å². The van der Waals surface area contributed by atoms with Crippen LogP contribution in [0.5, 0.6) is 5.75 Å². The number of aromatic amines is 1. The first-order valence-electron chi connectivity index (χ1n) is 6.54. The molecule has 0 aliphatic heterocycles. The number of rotatable bonds is 0. The van der Waals surface area contributed by atoms with E-state index in [-0.39, 0.29) is 5.75 Å². The molecule has 0 saturated heterocycles. The molecule has 3 heteroatoms. The molecule has 2 N–H and O–H groups in total. The molecule has 0 aliphatic carbocycles. The van der Waals surface area contributed by atoms with Gasteiger partial charge in [-0.3, -0.25) is 0 Å². The van der Waals surface area contributed by atoms with Crippen molar-refractivity contribution >= 4 is 21.8 Å². The van der Waals surface area contributed by atoms with Crippen molar-refractivity contribution in [1.82, 2.24) is 4.98 Å². The van der Waals surface area contributed by atoms with Crippen molar-refractivity contribution < 1.29 is 13.8 Å². The lowest BCUT2D eigenvalue weighted by Crippen LogP contribution is -2.31. The number of pyridine rings is 1. The van der Waals surface area contributed by atoms with E-state index in [9.17, 15) is 5.11 Å². The molecule has 2 heterocycles. The first-order chi connectivity index (χ1) is 8.88. The number of hydrogen-bond donors (Lipinski definition) is 2. The number of aromatic hydroxyl groups is 1. The molecule has 3 rings (SSSR count). The van der Waals surface area contributed by atoms with Crippen molar-refractivity contribution in [2.75, 3.05) is 0 Å². The lowest BCUT2D eigenvalue weighted by atomic mass is 10.1. The van der Waals surface area contributed by atoms with Crippen LogP contribution in [0.3, 0.4) is 0 Å². The molecule has 0 unspecified atom stereocenters. The zero-order chi connectivity index (χ0) is 13.8. The van der Waals surface area contributed by atoms with Gasteiger partial charge in [0.05, 0.1) is 5.52 Å². The third-order valence-corrected chi connectivity index (χ3v) is 2.94. The molecule has 0 amide bonds. The molecular weight excluding hydrogens is 200 g/mol. The second-order valence-corrected chi connectivity index (χ2v) is 3.91. The van der Waals surface area contributed by atoms with E-state index in [1.54, 1.807) is 31.3 Å². The minimum atomic E-state index is -2.20. The Morgan fingerprint density at radius 3 is 3.00 bits per heavy atom. The summed E-state index contributed by atoms with van der Waals surface area (Å²) in [6.07, 6.45) is 1.57. The Bertz CT molecular complexity index is 790. The molecule has 80 valence electrons. The van der Waals surface area contributed by atoms with Gasteiger partial charge >= 0.3 is 0 Å². The van der Waals surface area contributed by atoms with Crippen LogP contribution in [0.2, 0.25) is 0 Å². The lowest BCUT2D eigenvalue weighted by molar-refractivity contribution is -0.676. The minimum Gasteiger partial charge on any atom is -0.508 e. The van der Waals surface area contributed by atoms with Crippen molar-refractivity contribution in [2.24, 2.45) is 6.98 Å². The Morgan fingerprint density at radius 1 is 1.31 bits per heavy atom. The van der Waals surface area contributed by atoms with E-state index >= 15 is 0 Å². The molecule has 0 aliphatic rings. The summed E-state index contributed by atoms with van der Waals surface area (Å²) in [6, 6.07) is 6.86. The highest BCUT2D eigenvalue weighted by Crippen LogP contribution is 2.28. The van der Waals surface area contributed by atoms with Crippen molar-refractivity contribution in [3.05, 3.63) is 36.2 Å². The highest BCUT2D eigenvalue weighted by atomic mass is 16.3. The Morgan fingerprint density at radius 2 is 2.19 bits per heavy atom. The average molecular weight is 216 g/mol. The van der Waals surface area contributed by atoms with Gasteiger partial charge in [0, 0.05) is 29.8 Å². The van der Waals surface area contributed by atoms with Gasteiger partial charge in [-0.1, -0.05) is 0 Å². The van der Waals surface area contributed by atoms with Crippen LogP contribution >= 0.6 is 0 Å². The first kappa shape index (κ1) is 6.53. The van der Waals surface area contributed by atoms with Crippen LogP contribution in [-0.2, 0) is 6.98 Å². The number of nitrogens with zero attached hydrogens (tertiary/aromatic N) is 1. The van der Waals surface area contributed by atoms with Crippen LogP contribution in [0.15, 0.2) is 30.5 Å². The van der Waals surface area contributed by atoms with Crippen molar-refractivity contribution in [2.45, 2.75) is 6.92 Å². The fraction of sp³-hybridized carbons (Fsp3) is 0.154. The molecule has 1 aromatic carbocycles. The maximum absolute atomic E-state index is 9.49. The van der Waals surface area contributed by atoms with Gasteiger partial charge in [0.25, 0.3) is 0 Å². The van der Waals surface area contributed by atoms with E-state index in [0.717, 1.165) is 21.8 Å². The minimum absolute atomic E-state index is 0.181. The summed E-state index contributed by atoms with van der Waals surface area (Å²) in [5.74, 6) is 0.181. The second-order valence-electron chi connectivity index (χ2n) is 3.91. The predicted octanol–water partition coefficient (Wildman–Crippen LogP) is 2.16. The van der Waals surface area contributed by atoms with Gasteiger partial charge in [-0.2, -0.15) is 0 Å². The summed E-state index contributed by atoms with van der Waals surface area (Å²) in [6.45, 7) is -0.429. The number of hydrogen-bond acceptors (Lipinski definition) is 1. The van der Waals surface area contributed by atoms with E-state index in [1.165, 1.54) is 4.57 Å². The van der Waals surface area contributed by atoms with Crippen LogP contribution in [-0.4, -0.2) is 10.1 Å². The maximum atomic E-state index is 9.49. The van der Waals surface area contributed by atoms with Gasteiger partial charge < -0.3 is 10.1 Å². The number of nitrogens with one attached hydrogen (secondary N) is 1. The smallest absolute Gasteiger partial charge is 0.202 e. The monoisotopic (exact) mass is 216 g/mol. The molecule has 2 aromatic heterocycles. The van der Waals surface area contributed by atoms with Gasteiger partial charge in [0.1, 0.15) is 22.4 Å². The number of fused-ring (bicyclic) bond motifs is 3. The number of phenolic OH excluding ortho intramolecular Hbond substituents is 1. The summed E-state index contributed by atoms with van der Waals surface area (Å²) in [5.41, 5.74) is 2.22. The number of aromatic nitrogens is 2. The first-order valence-corrected chi connectivity index (χ1v) is 5.04. The van der Waals surface area contributed by atoms with E-state index in [0.29, 0.717) is 5.69 Å². The summed E-state index contributed by atoms with van der Waals surface area (Å²) in [5, 5.41) is 11.4. The normalized spacial score (nSPS) is 14.9. The molecule has 16 heavy (non-hydrogen) atoms. The van der Waals surface area contributed by atoms with E-state index < -0.39 is 6.98 Å². The fourth-order valence-electron chi connectivity index (χ4n) is 2.05. The third-order valence-electron chi connectivity index (χ3n) is 2.94. The van der Waals surface area contributed by atoms with E-state index in [4.69, 9.17) is 4.11 Å². The molecular formula is C13H13N2O+. The Balaban J connectivity index is 2.41. The third kappa shape index (κ3) is 1.11. The molecule has 3 aromatic rings. The number of benzene rings is 1. The molecule has 0 fully saturated rings. The standard InChI is InChI=1S/C13H12N2O/c1-8-13-11(5-6-15(8)2)10-4-3-9(16)7-12(10)14-13/h3-7H,1-2H3,(H,14,16)/p+1/i2D3. The number of phenols is 1. The Kier molecular flexibility index (Phi) is 1.22. The maximum Gasteiger partial charge on any atom is 0.202 e. The zero-order valence-electron chi connectivity index (χ0n) is 11.8. The molecule has 0 spiro atoms. The largest absolute Gasteiger partial charge is 0.508 e. The number of H-pyrrole nitrogens is 1. The SMILES string of the molecule is [2H]C([2H])([2H])[n+]1ccc2c([nH]c3cc(O)ccc32)c1C. The van der Waals surface area contributed by atoms with Crippen LogP contribution in [0, 0.1) is 6.92 Å². The highest BCUT2D eigenvalue weighted by molar-refractivity contribution is 6.07. The van der Waals surface area contributed by atoms with Crippen LogP contribution in [0.25, 0.3) is 21.8 Å². The van der Waals surface area contributed by atoms with Gasteiger partial charge in [-0.25, -0.2) is 4.57 Å². The van der Waals surface area contributed by atoms with Crippen LogP contribution in [0.1, 0.15) is 9.81 Å². The van der Waals surface area contributed by atoms with Crippen LogP contribution < -0.4 is 4.57 Å². The predicted molar refractivity (Wildman–Crippen MR) is 63.4 cm³/mol. The van der Waals surface area contributed by atoms with E-state index in [1.807, 2.05) is 6.07 Å². The number of aryl methyl sites for hydroxylation is 2. The second kappa shape index (κ2) is 2.98. The van der Waals surface area contributed by atoms with Gasteiger partial charge in [-0.05, 0) is 12.1 Å². The fourth-order valence-corrected chi connectivity index (χ4v) is 2.05. The lowest BCUT2D eigenvalue weighted by Gasteiger charge is -1.94. The van der Waals surface area contributed by atoms with Crippen molar-refractivity contribution in [3.63, 3.8) is 0 Å². The summed E-state index contributed by atoms with van der Waals surface area (Å²) < 4.78 is 23.8. The average Bonchev–Trinajstić information content (AvgIpc) is 2.66. The molecule has 0 radical (unpaired) electrons. The summed E-state index contributed by atoms with van der Waals surface area (Å²) in [4.78, 5) is 3.17.